The first-order chi connectivity index (χ1) is 11.2. The number of hydrogen-bond donors (Lipinski definition) is 0. The fraction of sp³-hybridized carbons (Fsp3) is 0.312. The number of aliphatic imine (C=N–C) groups is 1. The second kappa shape index (κ2) is 7.62. The monoisotopic (exact) mass is 350 g/mol. The van der Waals surface area contributed by atoms with E-state index in [1.165, 1.54) is 0 Å². The van der Waals surface area contributed by atoms with Crippen LogP contribution in [0.3, 0.4) is 0 Å². The first kappa shape index (κ1) is 16.0. The predicted molar refractivity (Wildman–Crippen MR) is 90.6 cm³/mol. The van der Waals surface area contributed by atoms with Crippen LogP contribution in [-0.2, 0) is 17.8 Å². The molecule has 3 heterocycles. The van der Waals surface area contributed by atoms with E-state index in [1.54, 1.807) is 24.5 Å². The first-order valence-corrected chi connectivity index (χ1v) is 8.09. The standard InChI is InChI=1S/C16H16Cl2N4O/c17-14-4-2-12(8-19-14)9-21-16-22(6-1-7-23-16)11-13-3-5-15(18)20-10-13/h2-5,8,10H,1,6-7,9,11H2. The molecule has 0 spiro atoms. The van der Waals surface area contributed by atoms with Crippen molar-refractivity contribution in [3.05, 3.63) is 58.1 Å². The molecule has 0 bridgehead atoms. The highest BCUT2D eigenvalue weighted by atomic mass is 35.5. The summed E-state index contributed by atoms with van der Waals surface area (Å²) in [5.74, 6) is 0. The van der Waals surface area contributed by atoms with Crippen molar-refractivity contribution in [2.24, 2.45) is 4.99 Å². The van der Waals surface area contributed by atoms with Gasteiger partial charge >= 0.3 is 0 Å². The lowest BCUT2D eigenvalue weighted by atomic mass is 10.2. The third kappa shape index (κ3) is 4.56. The molecule has 0 N–H and O–H groups in total. The van der Waals surface area contributed by atoms with Gasteiger partial charge < -0.3 is 9.64 Å². The maximum absolute atomic E-state index is 5.82. The zero-order valence-electron chi connectivity index (χ0n) is 12.5. The van der Waals surface area contributed by atoms with Crippen molar-refractivity contribution < 1.29 is 4.74 Å². The lowest BCUT2D eigenvalue weighted by molar-refractivity contribution is 0.169. The van der Waals surface area contributed by atoms with Crippen molar-refractivity contribution in [3.8, 4) is 0 Å². The summed E-state index contributed by atoms with van der Waals surface area (Å²) in [6.07, 6.45) is 4.48. The number of rotatable bonds is 4. The Balaban J connectivity index is 1.69. The van der Waals surface area contributed by atoms with Gasteiger partial charge in [0.25, 0.3) is 6.02 Å². The Morgan fingerprint density at radius 2 is 1.74 bits per heavy atom. The zero-order valence-corrected chi connectivity index (χ0v) is 14.0. The van der Waals surface area contributed by atoms with Crippen LogP contribution < -0.4 is 0 Å². The summed E-state index contributed by atoms with van der Waals surface area (Å²) >= 11 is 11.6. The highest BCUT2D eigenvalue weighted by Crippen LogP contribution is 2.14. The minimum absolute atomic E-state index is 0.479. The summed E-state index contributed by atoms with van der Waals surface area (Å²) < 4.78 is 5.71. The third-order valence-corrected chi connectivity index (χ3v) is 3.87. The van der Waals surface area contributed by atoms with E-state index in [0.717, 1.165) is 24.1 Å². The number of amidine groups is 1. The molecule has 5 nitrogen and oxygen atoms in total. The number of nitrogens with zero attached hydrogens (tertiary/aromatic N) is 4. The highest BCUT2D eigenvalue weighted by molar-refractivity contribution is 6.29. The van der Waals surface area contributed by atoms with Crippen LogP contribution in [0.1, 0.15) is 17.5 Å². The largest absolute Gasteiger partial charge is 0.465 e. The Morgan fingerprint density at radius 1 is 1.04 bits per heavy atom. The molecule has 3 rings (SSSR count). The van der Waals surface area contributed by atoms with Gasteiger partial charge in [-0.25, -0.2) is 15.0 Å². The van der Waals surface area contributed by atoms with Crippen LogP contribution in [0, 0.1) is 0 Å². The van der Waals surface area contributed by atoms with Gasteiger partial charge in [0.05, 0.1) is 13.2 Å². The van der Waals surface area contributed by atoms with Crippen LogP contribution in [0.2, 0.25) is 10.3 Å². The summed E-state index contributed by atoms with van der Waals surface area (Å²) in [5, 5.41) is 0.972. The highest BCUT2D eigenvalue weighted by Gasteiger charge is 2.18. The minimum Gasteiger partial charge on any atom is -0.465 e. The molecule has 7 heteroatoms. The van der Waals surface area contributed by atoms with Crippen molar-refractivity contribution >= 4 is 29.2 Å². The SMILES string of the molecule is Clc1ccc(CN=C2OCCCN2Cc2ccc(Cl)nc2)cn1. The molecule has 1 aliphatic rings. The predicted octanol–water partition coefficient (Wildman–Crippen LogP) is 3.56. The van der Waals surface area contributed by atoms with E-state index < -0.39 is 0 Å². The molecule has 23 heavy (non-hydrogen) atoms. The van der Waals surface area contributed by atoms with Gasteiger partial charge in [-0.1, -0.05) is 35.3 Å². The topological polar surface area (TPSA) is 50.6 Å². The lowest BCUT2D eigenvalue weighted by Crippen LogP contribution is -2.38. The number of pyridine rings is 2. The van der Waals surface area contributed by atoms with Gasteiger partial charge in [0.15, 0.2) is 0 Å². The van der Waals surface area contributed by atoms with Crippen LogP contribution >= 0.6 is 23.2 Å². The Kier molecular flexibility index (Phi) is 5.31. The number of hydrogen-bond acceptors (Lipinski definition) is 4. The van der Waals surface area contributed by atoms with Gasteiger partial charge in [-0.3, -0.25) is 0 Å². The van der Waals surface area contributed by atoms with E-state index >= 15 is 0 Å². The third-order valence-electron chi connectivity index (χ3n) is 3.42. The molecule has 1 fully saturated rings. The van der Waals surface area contributed by atoms with Crippen molar-refractivity contribution in [1.82, 2.24) is 14.9 Å². The van der Waals surface area contributed by atoms with Gasteiger partial charge in [0, 0.05) is 25.5 Å². The van der Waals surface area contributed by atoms with Crippen LogP contribution in [0.15, 0.2) is 41.7 Å². The summed E-state index contributed by atoms with van der Waals surface area (Å²) in [6.45, 7) is 2.80. The fourth-order valence-corrected chi connectivity index (χ4v) is 2.50. The molecule has 0 aliphatic carbocycles. The van der Waals surface area contributed by atoms with E-state index in [0.29, 0.717) is 36.0 Å². The second-order valence-electron chi connectivity index (χ2n) is 5.20. The maximum atomic E-state index is 5.82. The van der Waals surface area contributed by atoms with Crippen molar-refractivity contribution in [2.45, 2.75) is 19.5 Å². The minimum atomic E-state index is 0.479. The van der Waals surface area contributed by atoms with Crippen molar-refractivity contribution in [3.63, 3.8) is 0 Å². The number of ether oxygens (including phenoxy) is 1. The molecule has 0 radical (unpaired) electrons. The van der Waals surface area contributed by atoms with Crippen LogP contribution in [0.5, 0.6) is 0 Å². The molecule has 0 unspecified atom stereocenters. The lowest BCUT2D eigenvalue weighted by Gasteiger charge is -2.29. The summed E-state index contributed by atoms with van der Waals surface area (Å²) in [4.78, 5) is 14.8. The average molecular weight is 351 g/mol. The quantitative estimate of drug-likeness (QED) is 0.791. The molecular weight excluding hydrogens is 335 g/mol. The number of aromatic nitrogens is 2. The maximum Gasteiger partial charge on any atom is 0.287 e. The molecular formula is C16H16Cl2N4O. The van der Waals surface area contributed by atoms with E-state index in [2.05, 4.69) is 19.9 Å². The van der Waals surface area contributed by atoms with Gasteiger partial charge in [-0.05, 0) is 29.7 Å². The normalized spacial score (nSPS) is 16.4. The van der Waals surface area contributed by atoms with Gasteiger partial charge in [-0.15, -0.1) is 0 Å². The van der Waals surface area contributed by atoms with Gasteiger partial charge in [-0.2, -0.15) is 0 Å². The Bertz CT molecular complexity index is 673. The molecule has 2 aromatic heterocycles. The molecule has 1 aliphatic heterocycles. The zero-order chi connectivity index (χ0) is 16.1. The smallest absolute Gasteiger partial charge is 0.287 e. The van der Waals surface area contributed by atoms with Gasteiger partial charge in [0.2, 0.25) is 0 Å². The summed E-state index contributed by atoms with van der Waals surface area (Å²) in [5.41, 5.74) is 2.06. The number of halogens is 2. The molecule has 120 valence electrons. The van der Waals surface area contributed by atoms with E-state index in [4.69, 9.17) is 27.9 Å². The molecule has 0 amide bonds. The van der Waals surface area contributed by atoms with Gasteiger partial charge in [0.1, 0.15) is 10.3 Å². The summed E-state index contributed by atoms with van der Waals surface area (Å²) in [6, 6.07) is 8.08. The summed E-state index contributed by atoms with van der Waals surface area (Å²) in [7, 11) is 0. The Labute approximate surface area is 144 Å². The fourth-order valence-electron chi connectivity index (χ4n) is 2.28. The average Bonchev–Trinajstić information content (AvgIpc) is 2.58. The molecule has 2 aromatic rings. The Hall–Kier alpha value is -1.85. The van der Waals surface area contributed by atoms with E-state index in [1.807, 2.05) is 12.1 Å². The van der Waals surface area contributed by atoms with E-state index in [9.17, 15) is 0 Å². The van der Waals surface area contributed by atoms with E-state index in [-0.39, 0.29) is 0 Å². The van der Waals surface area contributed by atoms with Crippen LogP contribution in [0.25, 0.3) is 0 Å². The molecule has 0 aromatic carbocycles. The molecule has 0 saturated carbocycles. The van der Waals surface area contributed by atoms with Crippen LogP contribution in [0.4, 0.5) is 0 Å². The van der Waals surface area contributed by atoms with Crippen LogP contribution in [-0.4, -0.2) is 34.0 Å². The Morgan fingerprint density at radius 3 is 2.39 bits per heavy atom. The van der Waals surface area contributed by atoms with Crippen molar-refractivity contribution in [2.75, 3.05) is 13.2 Å². The molecule has 1 saturated heterocycles. The second-order valence-corrected chi connectivity index (χ2v) is 5.98. The van der Waals surface area contributed by atoms with Crippen molar-refractivity contribution in [1.29, 1.82) is 0 Å². The molecule has 0 atom stereocenters. The first-order valence-electron chi connectivity index (χ1n) is 7.34.